The summed E-state index contributed by atoms with van der Waals surface area (Å²) in [4.78, 5) is 11.9. The molecule has 0 bridgehead atoms. The molecule has 1 aliphatic heterocycles. The van der Waals surface area contributed by atoms with Gasteiger partial charge >= 0.3 is 0 Å². The Morgan fingerprint density at radius 3 is 2.78 bits per heavy atom. The van der Waals surface area contributed by atoms with E-state index in [2.05, 4.69) is 10.6 Å². The summed E-state index contributed by atoms with van der Waals surface area (Å²) in [5, 5.41) is 6.21. The third-order valence-corrected chi connectivity index (χ3v) is 3.49. The van der Waals surface area contributed by atoms with Crippen LogP contribution in [0.25, 0.3) is 0 Å². The largest absolute Gasteiger partial charge is 0.355 e. The van der Waals surface area contributed by atoms with Gasteiger partial charge in [0.1, 0.15) is 5.82 Å². The lowest BCUT2D eigenvalue weighted by atomic mass is 10.0. The van der Waals surface area contributed by atoms with Crippen LogP contribution >= 0.6 is 0 Å². The minimum Gasteiger partial charge on any atom is -0.355 e. The third kappa shape index (κ3) is 3.29. The highest BCUT2D eigenvalue weighted by Crippen LogP contribution is 2.14. The molecule has 18 heavy (non-hydrogen) atoms. The molecule has 0 spiro atoms. The molecule has 2 atom stereocenters. The van der Waals surface area contributed by atoms with Gasteiger partial charge in [-0.05, 0) is 44.0 Å². The number of hydrogen-bond donors (Lipinski definition) is 2. The van der Waals surface area contributed by atoms with Crippen molar-refractivity contribution in [1.82, 2.24) is 10.6 Å². The molecule has 1 aromatic rings. The lowest BCUT2D eigenvalue weighted by Gasteiger charge is -2.14. The standard InChI is InChI=1S/C14H19FN2O/c1-10-13(7-9-16-10)14(18)17-8-6-11-2-4-12(15)5-3-11/h2-5,10,13,16H,6-9H2,1H3,(H,17,18). The summed E-state index contributed by atoms with van der Waals surface area (Å²) in [6.07, 6.45) is 1.64. The van der Waals surface area contributed by atoms with Gasteiger partial charge in [0.15, 0.2) is 0 Å². The van der Waals surface area contributed by atoms with Crippen LogP contribution in [-0.2, 0) is 11.2 Å². The van der Waals surface area contributed by atoms with Gasteiger partial charge in [-0.2, -0.15) is 0 Å². The van der Waals surface area contributed by atoms with E-state index in [1.807, 2.05) is 6.92 Å². The second-order valence-electron chi connectivity index (χ2n) is 4.81. The van der Waals surface area contributed by atoms with Crippen molar-refractivity contribution in [3.8, 4) is 0 Å². The van der Waals surface area contributed by atoms with Gasteiger partial charge in [0, 0.05) is 12.6 Å². The van der Waals surface area contributed by atoms with Gasteiger partial charge in [0.2, 0.25) is 5.91 Å². The second kappa shape index (κ2) is 5.96. The van der Waals surface area contributed by atoms with Crippen molar-refractivity contribution >= 4 is 5.91 Å². The molecule has 3 nitrogen and oxygen atoms in total. The Bertz CT molecular complexity index is 405. The monoisotopic (exact) mass is 250 g/mol. The summed E-state index contributed by atoms with van der Waals surface area (Å²) in [5.74, 6) is -0.0264. The predicted octanol–water partition coefficient (Wildman–Crippen LogP) is 1.48. The van der Waals surface area contributed by atoms with Gasteiger partial charge in [-0.25, -0.2) is 4.39 Å². The quantitative estimate of drug-likeness (QED) is 0.850. The molecule has 1 saturated heterocycles. The maximum atomic E-state index is 12.7. The van der Waals surface area contributed by atoms with Gasteiger partial charge in [-0.1, -0.05) is 12.1 Å². The lowest BCUT2D eigenvalue weighted by molar-refractivity contribution is -0.125. The van der Waals surface area contributed by atoms with Crippen LogP contribution in [0.15, 0.2) is 24.3 Å². The number of carbonyl (C=O) groups excluding carboxylic acids is 1. The molecule has 2 N–H and O–H groups in total. The summed E-state index contributed by atoms with van der Waals surface area (Å²) < 4.78 is 12.7. The van der Waals surface area contributed by atoms with Crippen molar-refractivity contribution in [1.29, 1.82) is 0 Å². The van der Waals surface area contributed by atoms with Crippen LogP contribution in [-0.4, -0.2) is 25.0 Å². The number of hydrogen-bond acceptors (Lipinski definition) is 2. The molecule has 2 unspecified atom stereocenters. The van der Waals surface area contributed by atoms with E-state index in [0.29, 0.717) is 6.54 Å². The van der Waals surface area contributed by atoms with Crippen molar-refractivity contribution in [2.45, 2.75) is 25.8 Å². The summed E-state index contributed by atoms with van der Waals surface area (Å²) in [7, 11) is 0. The van der Waals surface area contributed by atoms with Crippen molar-refractivity contribution < 1.29 is 9.18 Å². The minimum absolute atomic E-state index is 0.0817. The average molecular weight is 250 g/mol. The Morgan fingerprint density at radius 2 is 2.17 bits per heavy atom. The summed E-state index contributed by atoms with van der Waals surface area (Å²) >= 11 is 0. The van der Waals surface area contributed by atoms with Gasteiger partial charge in [0.05, 0.1) is 5.92 Å². The van der Waals surface area contributed by atoms with Gasteiger partial charge in [-0.15, -0.1) is 0 Å². The summed E-state index contributed by atoms with van der Waals surface area (Å²) in [6, 6.07) is 6.65. The van der Waals surface area contributed by atoms with Crippen LogP contribution in [0.2, 0.25) is 0 Å². The van der Waals surface area contributed by atoms with Crippen LogP contribution in [0.3, 0.4) is 0 Å². The van der Waals surface area contributed by atoms with Crippen LogP contribution < -0.4 is 10.6 Å². The van der Waals surface area contributed by atoms with Crippen LogP contribution in [0.4, 0.5) is 4.39 Å². The van der Waals surface area contributed by atoms with Crippen molar-refractivity contribution in [3.05, 3.63) is 35.6 Å². The fraction of sp³-hybridized carbons (Fsp3) is 0.500. The molecule has 1 aliphatic rings. The first-order valence-electron chi connectivity index (χ1n) is 6.42. The highest BCUT2D eigenvalue weighted by atomic mass is 19.1. The lowest BCUT2D eigenvalue weighted by Crippen LogP contribution is -2.37. The highest BCUT2D eigenvalue weighted by molar-refractivity contribution is 5.79. The van der Waals surface area contributed by atoms with Crippen LogP contribution in [0, 0.1) is 11.7 Å². The fourth-order valence-corrected chi connectivity index (χ4v) is 2.33. The number of nitrogens with one attached hydrogen (secondary N) is 2. The molecule has 1 fully saturated rings. The molecule has 0 radical (unpaired) electrons. The second-order valence-corrected chi connectivity index (χ2v) is 4.81. The zero-order valence-electron chi connectivity index (χ0n) is 10.6. The fourth-order valence-electron chi connectivity index (χ4n) is 2.33. The maximum Gasteiger partial charge on any atom is 0.224 e. The van der Waals surface area contributed by atoms with Crippen LogP contribution in [0.1, 0.15) is 18.9 Å². The summed E-state index contributed by atoms with van der Waals surface area (Å²) in [5.41, 5.74) is 1.04. The average Bonchev–Trinajstić information content (AvgIpc) is 2.78. The third-order valence-electron chi connectivity index (χ3n) is 3.49. The first-order valence-corrected chi connectivity index (χ1v) is 6.42. The first kappa shape index (κ1) is 13.0. The van der Waals surface area contributed by atoms with Gasteiger partial charge in [0.25, 0.3) is 0 Å². The molecule has 0 aliphatic carbocycles. The van der Waals surface area contributed by atoms with E-state index in [1.54, 1.807) is 12.1 Å². The van der Waals surface area contributed by atoms with E-state index >= 15 is 0 Å². The van der Waals surface area contributed by atoms with Crippen molar-refractivity contribution in [2.75, 3.05) is 13.1 Å². The molecular weight excluding hydrogens is 231 g/mol. The Hall–Kier alpha value is -1.42. The Labute approximate surface area is 107 Å². The zero-order valence-corrected chi connectivity index (χ0v) is 10.6. The van der Waals surface area contributed by atoms with E-state index in [-0.39, 0.29) is 23.7 Å². The molecule has 1 heterocycles. The number of halogens is 1. The highest BCUT2D eigenvalue weighted by Gasteiger charge is 2.28. The van der Waals surface area contributed by atoms with Crippen molar-refractivity contribution in [2.24, 2.45) is 5.92 Å². The summed E-state index contributed by atoms with van der Waals surface area (Å²) in [6.45, 7) is 3.56. The smallest absolute Gasteiger partial charge is 0.224 e. The Kier molecular flexibility index (Phi) is 4.31. The topological polar surface area (TPSA) is 41.1 Å². The van der Waals surface area contributed by atoms with Gasteiger partial charge in [-0.3, -0.25) is 4.79 Å². The number of rotatable bonds is 4. The van der Waals surface area contributed by atoms with Gasteiger partial charge < -0.3 is 10.6 Å². The van der Waals surface area contributed by atoms with E-state index < -0.39 is 0 Å². The first-order chi connectivity index (χ1) is 8.66. The number of carbonyl (C=O) groups is 1. The van der Waals surface area contributed by atoms with Crippen molar-refractivity contribution in [3.63, 3.8) is 0 Å². The number of amides is 1. The SMILES string of the molecule is CC1NCCC1C(=O)NCCc1ccc(F)cc1. The predicted molar refractivity (Wildman–Crippen MR) is 68.7 cm³/mol. The molecular formula is C14H19FN2O. The molecule has 0 saturated carbocycles. The van der Waals surface area contributed by atoms with E-state index in [0.717, 1.165) is 24.9 Å². The number of benzene rings is 1. The molecule has 2 rings (SSSR count). The molecule has 98 valence electrons. The minimum atomic E-state index is -0.228. The maximum absolute atomic E-state index is 12.7. The molecule has 0 aromatic heterocycles. The van der Waals surface area contributed by atoms with E-state index in [1.165, 1.54) is 12.1 Å². The van der Waals surface area contributed by atoms with E-state index in [9.17, 15) is 9.18 Å². The Morgan fingerprint density at radius 1 is 1.44 bits per heavy atom. The van der Waals surface area contributed by atoms with E-state index in [4.69, 9.17) is 0 Å². The Balaban J connectivity index is 1.75. The molecule has 1 aromatic carbocycles. The zero-order chi connectivity index (χ0) is 13.0. The molecule has 1 amide bonds. The van der Waals surface area contributed by atoms with Crippen LogP contribution in [0.5, 0.6) is 0 Å². The molecule has 4 heteroatoms. The normalized spacial score (nSPS) is 23.0.